The van der Waals surface area contributed by atoms with Gasteiger partial charge in [0.05, 0.1) is 0 Å². The molecule has 0 fully saturated rings. The zero-order valence-corrected chi connectivity index (χ0v) is 39.5. The first-order chi connectivity index (χ1) is 28.4. The maximum Gasteiger partial charge on any atom is 0.306 e. The van der Waals surface area contributed by atoms with Crippen molar-refractivity contribution in [2.75, 3.05) is 13.2 Å². The van der Waals surface area contributed by atoms with Crippen LogP contribution < -0.4 is 0 Å². The van der Waals surface area contributed by atoms with Crippen LogP contribution in [-0.4, -0.2) is 37.2 Å². The highest BCUT2D eigenvalue weighted by atomic mass is 16.6. The van der Waals surface area contributed by atoms with E-state index in [1.54, 1.807) is 0 Å². The molecule has 1 unspecified atom stereocenters. The first-order valence-corrected chi connectivity index (χ1v) is 25.9. The molecule has 0 amide bonds. The van der Waals surface area contributed by atoms with Crippen LogP contribution in [0.15, 0.2) is 0 Å². The van der Waals surface area contributed by atoms with Crippen molar-refractivity contribution in [3.63, 3.8) is 0 Å². The van der Waals surface area contributed by atoms with Crippen LogP contribution in [0.2, 0.25) is 0 Å². The highest BCUT2D eigenvalue weighted by Crippen LogP contribution is 2.17. The molecule has 0 aromatic heterocycles. The molecule has 6 heteroatoms. The molecule has 0 bridgehead atoms. The number of rotatable bonds is 47. The van der Waals surface area contributed by atoms with Crippen molar-refractivity contribution in [2.24, 2.45) is 5.92 Å². The van der Waals surface area contributed by atoms with E-state index in [0.717, 1.165) is 63.7 Å². The first-order valence-electron chi connectivity index (χ1n) is 25.9. The summed E-state index contributed by atoms with van der Waals surface area (Å²) in [5, 5.41) is 0. The van der Waals surface area contributed by atoms with Gasteiger partial charge in [0.15, 0.2) is 6.10 Å². The van der Waals surface area contributed by atoms with Gasteiger partial charge in [-0.05, 0) is 25.2 Å². The van der Waals surface area contributed by atoms with Crippen molar-refractivity contribution in [2.45, 2.75) is 297 Å². The molecule has 0 rings (SSSR count). The Morgan fingerprint density at radius 3 is 0.897 bits per heavy atom. The summed E-state index contributed by atoms with van der Waals surface area (Å²) in [5.74, 6) is 0.00268. The quantitative estimate of drug-likeness (QED) is 0.0346. The zero-order chi connectivity index (χ0) is 42.4. The number of unbranched alkanes of at least 4 members (excludes halogenated alkanes) is 33. The van der Waals surface area contributed by atoms with Crippen molar-refractivity contribution in [3.8, 4) is 0 Å². The molecule has 0 aliphatic rings. The van der Waals surface area contributed by atoms with E-state index in [0.29, 0.717) is 19.3 Å². The smallest absolute Gasteiger partial charge is 0.306 e. The summed E-state index contributed by atoms with van der Waals surface area (Å²) in [6.07, 6.45) is 47.9. The Labute approximate surface area is 361 Å². The van der Waals surface area contributed by atoms with Gasteiger partial charge in [0.25, 0.3) is 0 Å². The monoisotopic (exact) mass is 821 g/mol. The Balaban J connectivity index is 4.32. The van der Waals surface area contributed by atoms with Crippen molar-refractivity contribution >= 4 is 17.9 Å². The highest BCUT2D eigenvalue weighted by Gasteiger charge is 2.19. The van der Waals surface area contributed by atoms with E-state index in [-0.39, 0.29) is 31.1 Å². The van der Waals surface area contributed by atoms with E-state index in [1.165, 1.54) is 186 Å². The van der Waals surface area contributed by atoms with Crippen LogP contribution in [0, 0.1) is 5.92 Å². The molecule has 0 saturated heterocycles. The Kier molecular flexibility index (Phi) is 45.2. The van der Waals surface area contributed by atoms with Crippen molar-refractivity contribution in [3.05, 3.63) is 0 Å². The number of ether oxygens (including phenoxy) is 3. The summed E-state index contributed by atoms with van der Waals surface area (Å²) in [6.45, 7) is 9.03. The van der Waals surface area contributed by atoms with Gasteiger partial charge in [0.2, 0.25) is 0 Å². The summed E-state index contributed by atoms with van der Waals surface area (Å²) >= 11 is 0. The average molecular weight is 821 g/mol. The van der Waals surface area contributed by atoms with Crippen molar-refractivity contribution in [1.82, 2.24) is 0 Å². The van der Waals surface area contributed by atoms with E-state index in [1.807, 2.05) is 0 Å². The zero-order valence-electron chi connectivity index (χ0n) is 39.5. The minimum atomic E-state index is -0.760. The molecule has 0 N–H and O–H groups in total. The fourth-order valence-electron chi connectivity index (χ4n) is 7.83. The molecular formula is C52H100O6. The second-order valence-electron chi connectivity index (χ2n) is 18.1. The standard InChI is InChI=1S/C52H100O6/c1-5-8-10-12-14-16-18-20-21-23-25-27-33-37-41-45-52(55)58-49(47-57-51(54)44-40-36-32-29-28-30-34-38-42-48(4)7-3)46-56-50(53)43-39-35-31-26-24-22-19-17-15-13-11-9-6-2/h48-49H,5-47H2,1-4H3/t48?,49-/m0/s1. The van der Waals surface area contributed by atoms with Gasteiger partial charge in [0.1, 0.15) is 13.2 Å². The molecular weight excluding hydrogens is 721 g/mol. The first kappa shape index (κ1) is 56.4. The summed E-state index contributed by atoms with van der Waals surface area (Å²) in [7, 11) is 0. The summed E-state index contributed by atoms with van der Waals surface area (Å²) in [5.41, 5.74) is 0. The number of hydrogen-bond donors (Lipinski definition) is 0. The van der Waals surface area contributed by atoms with E-state index >= 15 is 0 Å². The molecule has 0 aliphatic carbocycles. The number of carbonyl (C=O) groups excluding carboxylic acids is 3. The number of carbonyl (C=O) groups is 3. The maximum atomic E-state index is 12.8. The molecule has 6 nitrogen and oxygen atoms in total. The van der Waals surface area contributed by atoms with Gasteiger partial charge in [-0.1, -0.05) is 252 Å². The lowest BCUT2D eigenvalue weighted by molar-refractivity contribution is -0.167. The van der Waals surface area contributed by atoms with Gasteiger partial charge < -0.3 is 14.2 Å². The van der Waals surface area contributed by atoms with E-state index in [4.69, 9.17) is 14.2 Å². The van der Waals surface area contributed by atoms with Gasteiger partial charge in [-0.2, -0.15) is 0 Å². The van der Waals surface area contributed by atoms with E-state index in [2.05, 4.69) is 27.7 Å². The van der Waals surface area contributed by atoms with Crippen LogP contribution in [0.4, 0.5) is 0 Å². The predicted octanol–water partition coefficient (Wildman–Crippen LogP) is 16.7. The summed E-state index contributed by atoms with van der Waals surface area (Å²) < 4.78 is 16.8. The molecule has 2 atom stereocenters. The van der Waals surface area contributed by atoms with Gasteiger partial charge in [-0.15, -0.1) is 0 Å². The summed E-state index contributed by atoms with van der Waals surface area (Å²) in [6, 6.07) is 0. The molecule has 0 saturated carbocycles. The Hall–Kier alpha value is -1.59. The molecule has 58 heavy (non-hydrogen) atoms. The SMILES string of the molecule is CCCCCCCCCCCCCCCCCC(=O)O[C@@H](COC(=O)CCCCCCCCCCCCCCC)COC(=O)CCCCCCCCCCC(C)CC. The van der Waals surface area contributed by atoms with Crippen LogP contribution in [0.1, 0.15) is 291 Å². The molecule has 0 heterocycles. The van der Waals surface area contributed by atoms with Gasteiger partial charge >= 0.3 is 17.9 Å². The Morgan fingerprint density at radius 1 is 0.345 bits per heavy atom. The second-order valence-corrected chi connectivity index (χ2v) is 18.1. The minimum Gasteiger partial charge on any atom is -0.462 e. The lowest BCUT2D eigenvalue weighted by Gasteiger charge is -2.18. The third-order valence-corrected chi connectivity index (χ3v) is 12.2. The van der Waals surface area contributed by atoms with Crippen LogP contribution in [0.3, 0.4) is 0 Å². The van der Waals surface area contributed by atoms with Gasteiger partial charge in [0, 0.05) is 19.3 Å². The normalized spacial score (nSPS) is 12.4. The van der Waals surface area contributed by atoms with Gasteiger partial charge in [-0.3, -0.25) is 14.4 Å². The van der Waals surface area contributed by atoms with Gasteiger partial charge in [-0.25, -0.2) is 0 Å². The minimum absolute atomic E-state index is 0.0630. The molecule has 344 valence electrons. The number of esters is 3. The van der Waals surface area contributed by atoms with Crippen molar-refractivity contribution < 1.29 is 28.6 Å². The van der Waals surface area contributed by atoms with Crippen LogP contribution in [-0.2, 0) is 28.6 Å². The maximum absolute atomic E-state index is 12.8. The molecule has 0 spiro atoms. The fourth-order valence-corrected chi connectivity index (χ4v) is 7.83. The molecule has 0 aromatic rings. The largest absolute Gasteiger partial charge is 0.462 e. The topological polar surface area (TPSA) is 78.9 Å². The lowest BCUT2D eigenvalue weighted by atomic mass is 9.99. The highest BCUT2D eigenvalue weighted by molar-refractivity contribution is 5.71. The third-order valence-electron chi connectivity index (χ3n) is 12.2. The van der Waals surface area contributed by atoms with Crippen molar-refractivity contribution in [1.29, 1.82) is 0 Å². The Bertz CT molecular complexity index is 874. The molecule has 0 radical (unpaired) electrons. The van der Waals surface area contributed by atoms with Crippen LogP contribution in [0.25, 0.3) is 0 Å². The second kappa shape index (κ2) is 46.5. The van der Waals surface area contributed by atoms with E-state index in [9.17, 15) is 14.4 Å². The number of hydrogen-bond acceptors (Lipinski definition) is 6. The molecule has 0 aliphatic heterocycles. The predicted molar refractivity (Wildman–Crippen MR) is 247 cm³/mol. The summed E-state index contributed by atoms with van der Waals surface area (Å²) in [4.78, 5) is 37.9. The van der Waals surface area contributed by atoms with Crippen LogP contribution in [0.5, 0.6) is 0 Å². The lowest BCUT2D eigenvalue weighted by Crippen LogP contribution is -2.30. The average Bonchev–Trinajstić information content (AvgIpc) is 3.22. The van der Waals surface area contributed by atoms with E-state index < -0.39 is 6.10 Å². The third kappa shape index (κ3) is 44.0. The molecule has 0 aromatic carbocycles. The fraction of sp³-hybridized carbons (Fsp3) is 0.942. The Morgan fingerprint density at radius 2 is 0.603 bits per heavy atom. The van der Waals surface area contributed by atoms with Crippen LogP contribution >= 0.6 is 0 Å².